The number of ether oxygens (including phenoxy) is 1. The molecule has 0 aliphatic heterocycles. The van der Waals surface area contributed by atoms with Gasteiger partial charge in [-0.1, -0.05) is 23.7 Å². The zero-order valence-corrected chi connectivity index (χ0v) is 9.26. The average molecular weight is 251 g/mol. The molecule has 0 radical (unpaired) electrons. The lowest BCUT2D eigenvalue weighted by Gasteiger charge is -2.05. The van der Waals surface area contributed by atoms with Crippen LogP contribution in [0.2, 0.25) is 5.02 Å². The van der Waals surface area contributed by atoms with E-state index in [0.717, 1.165) is 6.20 Å². The first-order valence-corrected chi connectivity index (χ1v) is 5.02. The molecule has 0 aliphatic rings. The van der Waals surface area contributed by atoms with E-state index in [1.165, 1.54) is 6.20 Å². The van der Waals surface area contributed by atoms with E-state index in [4.69, 9.17) is 21.4 Å². The van der Waals surface area contributed by atoms with Gasteiger partial charge in [0.1, 0.15) is 5.75 Å². The fourth-order valence-corrected chi connectivity index (χ4v) is 1.29. The van der Waals surface area contributed by atoms with Crippen LogP contribution < -0.4 is 4.74 Å². The SMILES string of the molecule is O=C(O)c1cnc(Oc2ccccc2Cl)cn1. The van der Waals surface area contributed by atoms with Crippen molar-refractivity contribution in [3.63, 3.8) is 0 Å². The third-order valence-electron chi connectivity index (χ3n) is 1.90. The zero-order chi connectivity index (χ0) is 12.3. The molecule has 5 nitrogen and oxygen atoms in total. The molecule has 0 aliphatic carbocycles. The number of carboxylic acid groups (broad SMARTS) is 1. The summed E-state index contributed by atoms with van der Waals surface area (Å²) in [7, 11) is 0. The second-order valence-electron chi connectivity index (χ2n) is 3.08. The number of para-hydroxylation sites is 1. The van der Waals surface area contributed by atoms with E-state index in [1.807, 2.05) is 0 Å². The van der Waals surface area contributed by atoms with E-state index in [9.17, 15) is 4.79 Å². The van der Waals surface area contributed by atoms with Crippen molar-refractivity contribution in [3.05, 3.63) is 47.4 Å². The molecule has 1 heterocycles. The molecular formula is C11H7ClN2O3. The minimum absolute atomic E-state index is 0.142. The van der Waals surface area contributed by atoms with Gasteiger partial charge in [0.05, 0.1) is 17.4 Å². The fraction of sp³-hybridized carbons (Fsp3) is 0. The third kappa shape index (κ3) is 2.70. The monoisotopic (exact) mass is 250 g/mol. The Morgan fingerprint density at radius 2 is 2.00 bits per heavy atom. The number of carboxylic acids is 1. The number of aromatic nitrogens is 2. The molecule has 1 N–H and O–H groups in total. The average Bonchev–Trinajstić information content (AvgIpc) is 2.33. The van der Waals surface area contributed by atoms with Gasteiger partial charge in [-0.3, -0.25) is 0 Å². The van der Waals surface area contributed by atoms with Gasteiger partial charge in [0.25, 0.3) is 0 Å². The molecular weight excluding hydrogens is 244 g/mol. The number of carbonyl (C=O) groups is 1. The van der Waals surface area contributed by atoms with Crippen molar-refractivity contribution in [3.8, 4) is 11.6 Å². The van der Waals surface area contributed by atoms with Crippen molar-refractivity contribution in [1.82, 2.24) is 9.97 Å². The number of benzene rings is 1. The third-order valence-corrected chi connectivity index (χ3v) is 2.21. The van der Waals surface area contributed by atoms with E-state index in [-0.39, 0.29) is 11.6 Å². The van der Waals surface area contributed by atoms with Crippen LogP contribution in [0, 0.1) is 0 Å². The summed E-state index contributed by atoms with van der Waals surface area (Å²) in [5, 5.41) is 9.09. The fourth-order valence-electron chi connectivity index (χ4n) is 1.12. The molecule has 0 atom stereocenters. The molecule has 0 fully saturated rings. The Hall–Kier alpha value is -2.14. The summed E-state index contributed by atoms with van der Waals surface area (Å²) in [5.41, 5.74) is -0.142. The van der Waals surface area contributed by atoms with Gasteiger partial charge in [-0.25, -0.2) is 14.8 Å². The second-order valence-corrected chi connectivity index (χ2v) is 3.48. The number of hydrogen-bond acceptors (Lipinski definition) is 4. The van der Waals surface area contributed by atoms with Crippen LogP contribution in [-0.2, 0) is 0 Å². The van der Waals surface area contributed by atoms with Crippen molar-refractivity contribution in [2.45, 2.75) is 0 Å². The first-order valence-electron chi connectivity index (χ1n) is 4.64. The zero-order valence-electron chi connectivity index (χ0n) is 8.50. The highest BCUT2D eigenvalue weighted by Crippen LogP contribution is 2.27. The van der Waals surface area contributed by atoms with Crippen LogP contribution in [0.25, 0.3) is 0 Å². The summed E-state index contributed by atoms with van der Waals surface area (Å²) < 4.78 is 5.35. The summed E-state index contributed by atoms with van der Waals surface area (Å²) >= 11 is 5.89. The van der Waals surface area contributed by atoms with Gasteiger partial charge in [-0.2, -0.15) is 0 Å². The predicted octanol–water partition coefficient (Wildman–Crippen LogP) is 2.62. The maximum Gasteiger partial charge on any atom is 0.356 e. The molecule has 1 aromatic carbocycles. The number of nitrogens with zero attached hydrogens (tertiary/aromatic N) is 2. The van der Waals surface area contributed by atoms with E-state index in [2.05, 4.69) is 9.97 Å². The van der Waals surface area contributed by atoms with Gasteiger partial charge in [0.15, 0.2) is 5.69 Å². The number of aromatic carboxylic acids is 1. The normalized spacial score (nSPS) is 9.94. The number of halogens is 1. The molecule has 6 heteroatoms. The van der Waals surface area contributed by atoms with Gasteiger partial charge in [0.2, 0.25) is 5.88 Å². The van der Waals surface area contributed by atoms with Gasteiger partial charge < -0.3 is 9.84 Å². The molecule has 17 heavy (non-hydrogen) atoms. The molecule has 1 aromatic heterocycles. The summed E-state index contributed by atoms with van der Waals surface area (Å²) in [5.74, 6) is -0.517. The Morgan fingerprint density at radius 1 is 1.24 bits per heavy atom. The first-order chi connectivity index (χ1) is 8.16. The van der Waals surface area contributed by atoms with Crippen LogP contribution in [-0.4, -0.2) is 21.0 Å². The molecule has 0 unspecified atom stereocenters. The van der Waals surface area contributed by atoms with Crippen LogP contribution in [0.4, 0.5) is 0 Å². The summed E-state index contributed by atoms with van der Waals surface area (Å²) in [6.45, 7) is 0. The van der Waals surface area contributed by atoms with E-state index in [0.29, 0.717) is 10.8 Å². The lowest BCUT2D eigenvalue weighted by molar-refractivity contribution is 0.0690. The van der Waals surface area contributed by atoms with Gasteiger partial charge in [-0.05, 0) is 12.1 Å². The van der Waals surface area contributed by atoms with E-state index in [1.54, 1.807) is 24.3 Å². The molecule has 0 spiro atoms. The Labute approximate surface area is 102 Å². The van der Waals surface area contributed by atoms with Crippen LogP contribution >= 0.6 is 11.6 Å². The van der Waals surface area contributed by atoms with E-state index >= 15 is 0 Å². The molecule has 0 saturated heterocycles. The lowest BCUT2D eigenvalue weighted by Crippen LogP contribution is -2.01. The van der Waals surface area contributed by atoms with Crippen LogP contribution in [0.15, 0.2) is 36.7 Å². The molecule has 2 rings (SSSR count). The van der Waals surface area contributed by atoms with Crippen LogP contribution in [0.3, 0.4) is 0 Å². The van der Waals surface area contributed by atoms with Crippen LogP contribution in [0.5, 0.6) is 11.6 Å². The Kier molecular flexibility index (Phi) is 3.20. The Balaban J connectivity index is 2.20. The summed E-state index contributed by atoms with van der Waals surface area (Å²) in [6, 6.07) is 6.89. The summed E-state index contributed by atoms with van der Waals surface area (Å²) in [6.07, 6.45) is 2.35. The number of rotatable bonds is 3. The minimum atomic E-state index is -1.14. The first kappa shape index (κ1) is 11.3. The van der Waals surface area contributed by atoms with Gasteiger partial charge >= 0.3 is 5.97 Å². The largest absolute Gasteiger partial charge is 0.476 e. The minimum Gasteiger partial charge on any atom is -0.476 e. The van der Waals surface area contributed by atoms with Crippen molar-refractivity contribution in [1.29, 1.82) is 0 Å². The molecule has 0 bridgehead atoms. The highest BCUT2D eigenvalue weighted by atomic mass is 35.5. The highest BCUT2D eigenvalue weighted by molar-refractivity contribution is 6.32. The van der Waals surface area contributed by atoms with Crippen molar-refractivity contribution < 1.29 is 14.6 Å². The number of hydrogen-bond donors (Lipinski definition) is 1. The van der Waals surface area contributed by atoms with Crippen molar-refractivity contribution >= 4 is 17.6 Å². The predicted molar refractivity (Wildman–Crippen MR) is 60.5 cm³/mol. The quantitative estimate of drug-likeness (QED) is 0.907. The maximum absolute atomic E-state index is 10.6. The maximum atomic E-state index is 10.6. The Bertz CT molecular complexity index is 543. The van der Waals surface area contributed by atoms with Crippen molar-refractivity contribution in [2.75, 3.05) is 0 Å². The molecule has 0 amide bonds. The van der Waals surface area contributed by atoms with E-state index < -0.39 is 5.97 Å². The Morgan fingerprint density at radius 3 is 2.59 bits per heavy atom. The molecule has 2 aromatic rings. The topological polar surface area (TPSA) is 72.3 Å². The highest BCUT2D eigenvalue weighted by Gasteiger charge is 2.07. The van der Waals surface area contributed by atoms with Crippen LogP contribution in [0.1, 0.15) is 10.5 Å². The van der Waals surface area contributed by atoms with Crippen molar-refractivity contribution in [2.24, 2.45) is 0 Å². The van der Waals surface area contributed by atoms with Gasteiger partial charge in [0, 0.05) is 0 Å². The standard InChI is InChI=1S/C11H7ClN2O3/c12-7-3-1-2-4-9(7)17-10-6-13-8(5-14-10)11(15)16/h1-6H,(H,15,16). The second kappa shape index (κ2) is 4.80. The molecule has 86 valence electrons. The van der Waals surface area contributed by atoms with Gasteiger partial charge in [-0.15, -0.1) is 0 Å². The molecule has 0 saturated carbocycles. The smallest absolute Gasteiger partial charge is 0.356 e. The lowest BCUT2D eigenvalue weighted by atomic mass is 10.3. The summed E-state index contributed by atoms with van der Waals surface area (Å²) in [4.78, 5) is 18.0.